The molecular formula is C12H17BrClN. The zero-order valence-electron chi connectivity index (χ0n) is 8.97. The Morgan fingerprint density at radius 3 is 2.60 bits per heavy atom. The Bertz CT molecular complexity index is 273. The molecule has 3 heteroatoms. The molecule has 15 heavy (non-hydrogen) atoms. The summed E-state index contributed by atoms with van der Waals surface area (Å²) in [6, 6.07) is 8.34. The molecule has 1 aromatic carbocycles. The molecule has 0 aliphatic rings. The van der Waals surface area contributed by atoms with E-state index in [2.05, 4.69) is 52.4 Å². The van der Waals surface area contributed by atoms with Crippen molar-refractivity contribution < 1.29 is 0 Å². The molecule has 1 unspecified atom stereocenters. The Morgan fingerprint density at radius 1 is 1.33 bits per heavy atom. The minimum absolute atomic E-state index is 0.255. The van der Waals surface area contributed by atoms with E-state index < -0.39 is 0 Å². The Hall–Kier alpha value is -0.0500. The van der Waals surface area contributed by atoms with Gasteiger partial charge in [0.2, 0.25) is 0 Å². The molecule has 0 fully saturated rings. The maximum absolute atomic E-state index is 6.10. The van der Waals surface area contributed by atoms with Gasteiger partial charge in [-0.2, -0.15) is 0 Å². The third-order valence-corrected chi connectivity index (χ3v) is 3.11. The number of hydrogen-bond acceptors (Lipinski definition) is 1. The van der Waals surface area contributed by atoms with Crippen molar-refractivity contribution in [1.82, 2.24) is 5.32 Å². The minimum Gasteiger partial charge on any atom is -0.311 e. The van der Waals surface area contributed by atoms with Crippen molar-refractivity contribution in [1.29, 1.82) is 0 Å². The number of alkyl halides is 1. The van der Waals surface area contributed by atoms with Crippen molar-refractivity contribution in [3.8, 4) is 0 Å². The first-order chi connectivity index (χ1) is 7.22. The van der Waals surface area contributed by atoms with Gasteiger partial charge in [-0.3, -0.25) is 0 Å². The second kappa shape index (κ2) is 7.26. The molecular weight excluding hydrogens is 273 g/mol. The van der Waals surface area contributed by atoms with E-state index in [9.17, 15) is 0 Å². The van der Waals surface area contributed by atoms with Crippen molar-refractivity contribution in [3.63, 3.8) is 0 Å². The zero-order chi connectivity index (χ0) is 11.1. The van der Waals surface area contributed by atoms with Crippen LogP contribution in [0.15, 0.2) is 28.7 Å². The number of nitrogens with one attached hydrogen (secondary N) is 1. The fourth-order valence-electron chi connectivity index (χ4n) is 1.39. The van der Waals surface area contributed by atoms with E-state index >= 15 is 0 Å². The maximum atomic E-state index is 6.10. The van der Waals surface area contributed by atoms with E-state index in [4.69, 9.17) is 11.6 Å². The lowest BCUT2D eigenvalue weighted by Crippen LogP contribution is -2.22. The molecule has 1 nitrogen and oxygen atoms in total. The van der Waals surface area contributed by atoms with Crippen LogP contribution in [0.4, 0.5) is 0 Å². The molecule has 1 rings (SSSR count). The summed E-state index contributed by atoms with van der Waals surface area (Å²) in [4.78, 5) is 0. The second-order valence-corrected chi connectivity index (χ2v) is 5.18. The topological polar surface area (TPSA) is 12.0 Å². The van der Waals surface area contributed by atoms with Gasteiger partial charge < -0.3 is 5.32 Å². The van der Waals surface area contributed by atoms with Gasteiger partial charge in [0.1, 0.15) is 0 Å². The van der Waals surface area contributed by atoms with Gasteiger partial charge in [-0.15, -0.1) is 11.6 Å². The Labute approximate surface area is 105 Å². The van der Waals surface area contributed by atoms with Gasteiger partial charge in [0.05, 0.1) is 0 Å². The molecule has 0 saturated heterocycles. The van der Waals surface area contributed by atoms with Crippen molar-refractivity contribution in [3.05, 3.63) is 34.3 Å². The van der Waals surface area contributed by atoms with Crippen LogP contribution < -0.4 is 5.32 Å². The highest BCUT2D eigenvalue weighted by Crippen LogP contribution is 2.10. The fourth-order valence-corrected chi connectivity index (χ4v) is 1.98. The lowest BCUT2D eigenvalue weighted by molar-refractivity contribution is 0.623. The summed E-state index contributed by atoms with van der Waals surface area (Å²) in [6.07, 6.45) is 2.23. The molecule has 0 heterocycles. The van der Waals surface area contributed by atoms with Crippen molar-refractivity contribution in [2.75, 3.05) is 6.54 Å². The third kappa shape index (κ3) is 5.55. The van der Waals surface area contributed by atoms with Crippen LogP contribution >= 0.6 is 27.5 Å². The number of hydrogen-bond donors (Lipinski definition) is 1. The summed E-state index contributed by atoms with van der Waals surface area (Å²) in [6.45, 7) is 3.93. The third-order valence-electron chi connectivity index (χ3n) is 2.21. The molecule has 0 aliphatic heterocycles. The highest BCUT2D eigenvalue weighted by molar-refractivity contribution is 9.10. The quantitative estimate of drug-likeness (QED) is 0.782. The predicted octanol–water partition coefficient (Wildman–Crippen LogP) is 3.95. The molecule has 0 amide bonds. The first-order valence-electron chi connectivity index (χ1n) is 5.31. The highest BCUT2D eigenvalue weighted by atomic mass is 79.9. The normalized spacial score (nSPS) is 12.7. The molecule has 0 bridgehead atoms. The van der Waals surface area contributed by atoms with Crippen LogP contribution in [0.25, 0.3) is 0 Å². The molecule has 0 saturated carbocycles. The van der Waals surface area contributed by atoms with Gasteiger partial charge in [-0.1, -0.05) is 41.4 Å². The fraction of sp³-hybridized carbons (Fsp3) is 0.500. The summed E-state index contributed by atoms with van der Waals surface area (Å²) in [7, 11) is 0. The largest absolute Gasteiger partial charge is 0.311 e. The van der Waals surface area contributed by atoms with E-state index in [1.807, 2.05) is 0 Å². The van der Waals surface area contributed by atoms with E-state index in [1.54, 1.807) is 0 Å². The average molecular weight is 291 g/mol. The maximum Gasteiger partial charge on any atom is 0.0460 e. The van der Waals surface area contributed by atoms with Crippen LogP contribution in [0.5, 0.6) is 0 Å². The van der Waals surface area contributed by atoms with Gasteiger partial charge in [0.25, 0.3) is 0 Å². The van der Waals surface area contributed by atoms with Gasteiger partial charge >= 0.3 is 0 Å². The first-order valence-corrected chi connectivity index (χ1v) is 6.54. The molecule has 1 N–H and O–H groups in total. The van der Waals surface area contributed by atoms with E-state index in [-0.39, 0.29) is 5.38 Å². The zero-order valence-corrected chi connectivity index (χ0v) is 11.3. The highest BCUT2D eigenvalue weighted by Gasteiger charge is 2.01. The van der Waals surface area contributed by atoms with Crippen LogP contribution in [-0.2, 0) is 6.54 Å². The van der Waals surface area contributed by atoms with Crippen LogP contribution in [0.1, 0.15) is 25.3 Å². The lowest BCUT2D eigenvalue weighted by atomic mass is 10.2. The summed E-state index contributed by atoms with van der Waals surface area (Å²) in [5.74, 6) is 0. The summed E-state index contributed by atoms with van der Waals surface area (Å²) >= 11 is 9.52. The molecule has 0 spiro atoms. The van der Waals surface area contributed by atoms with E-state index in [0.29, 0.717) is 0 Å². The minimum atomic E-state index is 0.255. The first kappa shape index (κ1) is 13.0. The summed E-state index contributed by atoms with van der Waals surface area (Å²) < 4.78 is 1.12. The van der Waals surface area contributed by atoms with Gasteiger partial charge in [-0.05, 0) is 24.1 Å². The van der Waals surface area contributed by atoms with Crippen molar-refractivity contribution >= 4 is 27.5 Å². The monoisotopic (exact) mass is 289 g/mol. The second-order valence-electron chi connectivity index (χ2n) is 3.64. The lowest BCUT2D eigenvalue weighted by Gasteiger charge is -2.09. The van der Waals surface area contributed by atoms with Crippen LogP contribution in [0, 0.1) is 0 Å². The summed E-state index contributed by atoms with van der Waals surface area (Å²) in [5.41, 5.74) is 1.29. The van der Waals surface area contributed by atoms with Crippen LogP contribution in [0.3, 0.4) is 0 Å². The smallest absolute Gasteiger partial charge is 0.0460 e. The molecule has 0 aromatic heterocycles. The SMILES string of the molecule is CCCC(Cl)CNCc1ccc(Br)cc1. The molecule has 1 atom stereocenters. The molecule has 1 aromatic rings. The Balaban J connectivity index is 2.22. The Kier molecular flexibility index (Phi) is 6.30. The Morgan fingerprint density at radius 2 is 2.00 bits per heavy atom. The van der Waals surface area contributed by atoms with Gasteiger partial charge in [0.15, 0.2) is 0 Å². The molecule has 0 radical (unpaired) electrons. The number of halogens is 2. The molecule has 84 valence electrons. The van der Waals surface area contributed by atoms with Crippen LogP contribution in [-0.4, -0.2) is 11.9 Å². The standard InChI is InChI=1S/C12H17BrClN/c1-2-3-12(14)9-15-8-10-4-6-11(13)7-5-10/h4-7,12,15H,2-3,8-9H2,1H3. The predicted molar refractivity (Wildman–Crippen MR) is 70.4 cm³/mol. The van der Waals surface area contributed by atoms with Crippen molar-refractivity contribution in [2.45, 2.75) is 31.7 Å². The number of rotatable bonds is 6. The average Bonchev–Trinajstić information content (AvgIpc) is 2.21. The van der Waals surface area contributed by atoms with Gasteiger partial charge in [0, 0.05) is 22.9 Å². The van der Waals surface area contributed by atoms with E-state index in [1.165, 1.54) is 5.56 Å². The number of benzene rings is 1. The van der Waals surface area contributed by atoms with Crippen molar-refractivity contribution in [2.24, 2.45) is 0 Å². The summed E-state index contributed by atoms with van der Waals surface area (Å²) in [5, 5.41) is 3.61. The van der Waals surface area contributed by atoms with E-state index in [0.717, 1.165) is 30.4 Å². The van der Waals surface area contributed by atoms with Crippen LogP contribution in [0.2, 0.25) is 0 Å². The molecule has 0 aliphatic carbocycles. The van der Waals surface area contributed by atoms with Gasteiger partial charge in [-0.25, -0.2) is 0 Å².